The Morgan fingerprint density at radius 2 is 1.96 bits per heavy atom. The fourth-order valence-corrected chi connectivity index (χ4v) is 2.88. The monoisotopic (exact) mass is 388 g/mol. The van der Waals surface area contributed by atoms with Gasteiger partial charge in [0.25, 0.3) is 0 Å². The van der Waals surface area contributed by atoms with Crippen molar-refractivity contribution in [1.29, 1.82) is 0 Å². The van der Waals surface area contributed by atoms with E-state index in [1.54, 1.807) is 14.2 Å². The van der Waals surface area contributed by atoms with Crippen molar-refractivity contribution in [1.82, 2.24) is 15.5 Å². The molecule has 2 rings (SSSR count). The summed E-state index contributed by atoms with van der Waals surface area (Å²) in [6.07, 6.45) is -2.73. The molecule has 0 aliphatic carbocycles. The quantitative estimate of drug-likeness (QED) is 0.407. The molecule has 1 aliphatic rings. The number of methoxy groups -OCH3 is 1. The van der Waals surface area contributed by atoms with Crippen LogP contribution in [0.5, 0.6) is 11.5 Å². The largest absolute Gasteiger partial charge is 0.497 e. The molecule has 1 saturated heterocycles. The van der Waals surface area contributed by atoms with Crippen LogP contribution >= 0.6 is 0 Å². The Balaban J connectivity index is 1.61. The number of ether oxygens (including phenoxy) is 2. The number of aliphatic imine (C=N–C) groups is 1. The molecule has 0 saturated carbocycles. The fourth-order valence-electron chi connectivity index (χ4n) is 2.88. The van der Waals surface area contributed by atoms with Gasteiger partial charge in [-0.25, -0.2) is 0 Å². The lowest BCUT2D eigenvalue weighted by atomic mass is 10.3. The van der Waals surface area contributed by atoms with Gasteiger partial charge in [0.2, 0.25) is 0 Å². The summed E-state index contributed by atoms with van der Waals surface area (Å²) >= 11 is 0. The first-order valence-corrected chi connectivity index (χ1v) is 8.93. The van der Waals surface area contributed by atoms with E-state index in [0.717, 1.165) is 17.9 Å². The normalized spacial score (nSPS) is 18.4. The van der Waals surface area contributed by atoms with Crippen LogP contribution in [0.4, 0.5) is 13.2 Å². The van der Waals surface area contributed by atoms with E-state index in [9.17, 15) is 13.2 Å². The highest BCUT2D eigenvalue weighted by molar-refractivity contribution is 5.79. The van der Waals surface area contributed by atoms with Crippen LogP contribution < -0.4 is 20.1 Å². The number of alkyl halides is 3. The van der Waals surface area contributed by atoms with Gasteiger partial charge in [0.1, 0.15) is 11.5 Å². The Hall–Kier alpha value is -2.16. The Labute approximate surface area is 157 Å². The molecule has 0 spiro atoms. The summed E-state index contributed by atoms with van der Waals surface area (Å²) in [6, 6.07) is 7.33. The first-order valence-electron chi connectivity index (χ1n) is 8.93. The lowest BCUT2D eigenvalue weighted by molar-refractivity contribution is -0.143. The minimum absolute atomic E-state index is 0.0332. The van der Waals surface area contributed by atoms with Crippen molar-refractivity contribution in [2.75, 3.05) is 46.9 Å². The summed E-state index contributed by atoms with van der Waals surface area (Å²) < 4.78 is 48.1. The number of benzene rings is 1. The second-order valence-electron chi connectivity index (χ2n) is 6.36. The third-order valence-corrected chi connectivity index (χ3v) is 4.18. The summed E-state index contributed by atoms with van der Waals surface area (Å²) in [5.74, 6) is 2.15. The zero-order valence-electron chi connectivity index (χ0n) is 15.7. The Bertz CT molecular complexity index is 593. The van der Waals surface area contributed by atoms with Gasteiger partial charge in [0.05, 0.1) is 20.3 Å². The van der Waals surface area contributed by atoms with E-state index in [4.69, 9.17) is 9.47 Å². The minimum atomic E-state index is -4.15. The molecule has 1 aromatic rings. The van der Waals surface area contributed by atoms with E-state index in [1.165, 1.54) is 4.90 Å². The van der Waals surface area contributed by atoms with Gasteiger partial charge in [-0.3, -0.25) is 9.89 Å². The highest BCUT2D eigenvalue weighted by Gasteiger charge is 2.34. The van der Waals surface area contributed by atoms with Crippen LogP contribution in [-0.2, 0) is 0 Å². The molecule has 0 bridgehead atoms. The minimum Gasteiger partial charge on any atom is -0.497 e. The molecule has 1 aliphatic heterocycles. The summed E-state index contributed by atoms with van der Waals surface area (Å²) in [4.78, 5) is 5.54. The molecule has 1 heterocycles. The van der Waals surface area contributed by atoms with Crippen molar-refractivity contribution in [3.63, 3.8) is 0 Å². The Kier molecular flexibility index (Phi) is 8.02. The van der Waals surface area contributed by atoms with E-state index in [1.807, 2.05) is 24.3 Å². The number of hydrogen-bond acceptors (Lipinski definition) is 4. The molecule has 1 fully saturated rings. The maximum atomic E-state index is 12.4. The molecule has 1 unspecified atom stereocenters. The van der Waals surface area contributed by atoms with Crippen molar-refractivity contribution < 1.29 is 22.6 Å². The van der Waals surface area contributed by atoms with Crippen LogP contribution in [0.25, 0.3) is 0 Å². The van der Waals surface area contributed by atoms with Crippen LogP contribution in [-0.4, -0.2) is 70.0 Å². The zero-order valence-corrected chi connectivity index (χ0v) is 15.7. The van der Waals surface area contributed by atoms with Gasteiger partial charge in [-0.05, 0) is 37.1 Å². The van der Waals surface area contributed by atoms with Crippen molar-refractivity contribution in [2.24, 2.45) is 4.99 Å². The molecule has 152 valence electrons. The fraction of sp³-hybridized carbons (Fsp3) is 0.611. The standard InChI is InChI=1S/C18H27F3N4O2/c1-22-17(24-14-8-10-25(12-14)13-18(19,20)21)23-9-3-11-27-16-6-4-15(26-2)5-7-16/h4-7,14H,3,8-13H2,1-2H3,(H2,22,23,24). The van der Waals surface area contributed by atoms with E-state index in [0.29, 0.717) is 38.6 Å². The van der Waals surface area contributed by atoms with Gasteiger partial charge in [-0.1, -0.05) is 0 Å². The smallest absolute Gasteiger partial charge is 0.401 e. The summed E-state index contributed by atoms with van der Waals surface area (Å²) in [5.41, 5.74) is 0. The third kappa shape index (κ3) is 7.94. The van der Waals surface area contributed by atoms with Gasteiger partial charge in [0.15, 0.2) is 5.96 Å². The van der Waals surface area contributed by atoms with Crippen LogP contribution in [0, 0.1) is 0 Å². The van der Waals surface area contributed by atoms with Gasteiger partial charge in [0, 0.05) is 32.7 Å². The average molecular weight is 388 g/mol. The number of halogens is 3. The van der Waals surface area contributed by atoms with Crippen molar-refractivity contribution in [3.8, 4) is 11.5 Å². The van der Waals surface area contributed by atoms with E-state index in [-0.39, 0.29) is 6.04 Å². The number of likely N-dealkylation sites (tertiary alicyclic amines) is 1. The molecule has 0 radical (unpaired) electrons. The predicted octanol–water partition coefficient (Wildman–Crippen LogP) is 2.27. The number of hydrogen-bond donors (Lipinski definition) is 2. The number of nitrogens with zero attached hydrogens (tertiary/aromatic N) is 2. The van der Waals surface area contributed by atoms with Crippen LogP contribution in [0.1, 0.15) is 12.8 Å². The van der Waals surface area contributed by atoms with E-state index >= 15 is 0 Å². The molecule has 1 aromatic carbocycles. The highest BCUT2D eigenvalue weighted by atomic mass is 19.4. The molecular weight excluding hydrogens is 361 g/mol. The first kappa shape index (κ1) is 21.1. The molecular formula is C18H27F3N4O2. The van der Waals surface area contributed by atoms with E-state index in [2.05, 4.69) is 15.6 Å². The van der Waals surface area contributed by atoms with Crippen LogP contribution in [0.3, 0.4) is 0 Å². The highest BCUT2D eigenvalue weighted by Crippen LogP contribution is 2.20. The maximum absolute atomic E-state index is 12.4. The summed E-state index contributed by atoms with van der Waals surface area (Å²) in [6.45, 7) is 1.12. The van der Waals surface area contributed by atoms with Gasteiger partial charge in [-0.15, -0.1) is 0 Å². The Morgan fingerprint density at radius 3 is 2.59 bits per heavy atom. The van der Waals surface area contributed by atoms with Crippen molar-refractivity contribution >= 4 is 5.96 Å². The van der Waals surface area contributed by atoms with E-state index < -0.39 is 12.7 Å². The second kappa shape index (κ2) is 10.2. The lowest BCUT2D eigenvalue weighted by Crippen LogP contribution is -2.45. The Morgan fingerprint density at radius 1 is 1.26 bits per heavy atom. The maximum Gasteiger partial charge on any atom is 0.401 e. The molecule has 0 aromatic heterocycles. The van der Waals surface area contributed by atoms with Crippen LogP contribution in [0.2, 0.25) is 0 Å². The SMILES string of the molecule is CN=C(NCCCOc1ccc(OC)cc1)NC1CCN(CC(F)(F)F)C1. The molecule has 1 atom stereocenters. The van der Waals surface area contributed by atoms with Gasteiger partial charge in [-0.2, -0.15) is 13.2 Å². The van der Waals surface area contributed by atoms with Crippen molar-refractivity contribution in [3.05, 3.63) is 24.3 Å². The number of guanidine groups is 1. The number of rotatable bonds is 8. The zero-order chi connectivity index (χ0) is 19.7. The van der Waals surface area contributed by atoms with Crippen LogP contribution in [0.15, 0.2) is 29.3 Å². The molecule has 2 N–H and O–H groups in total. The lowest BCUT2D eigenvalue weighted by Gasteiger charge is -2.19. The second-order valence-corrected chi connectivity index (χ2v) is 6.36. The molecule has 9 heteroatoms. The van der Waals surface area contributed by atoms with Crippen molar-refractivity contribution in [2.45, 2.75) is 25.1 Å². The summed E-state index contributed by atoms with van der Waals surface area (Å²) in [5, 5.41) is 6.34. The average Bonchev–Trinajstić information content (AvgIpc) is 3.05. The topological polar surface area (TPSA) is 58.1 Å². The van der Waals surface area contributed by atoms with Gasteiger partial charge < -0.3 is 20.1 Å². The number of nitrogens with one attached hydrogen (secondary N) is 2. The summed E-state index contributed by atoms with van der Waals surface area (Å²) in [7, 11) is 3.26. The predicted molar refractivity (Wildman–Crippen MR) is 98.5 cm³/mol. The third-order valence-electron chi connectivity index (χ3n) is 4.18. The first-order chi connectivity index (χ1) is 12.9. The molecule has 6 nitrogen and oxygen atoms in total. The molecule has 0 amide bonds. The van der Waals surface area contributed by atoms with Gasteiger partial charge >= 0.3 is 6.18 Å². The molecule has 27 heavy (non-hydrogen) atoms.